The zero-order valence-electron chi connectivity index (χ0n) is 19.4. The smallest absolute Gasteiger partial charge is 0.275 e. The number of carbonyl (C=O) groups excluding carboxylic acids is 1. The molecule has 172 valence electrons. The van der Waals surface area contributed by atoms with E-state index in [1.165, 1.54) is 23.4 Å². The Morgan fingerprint density at radius 3 is 2.44 bits per heavy atom. The number of rotatable bonds is 6. The predicted molar refractivity (Wildman–Crippen MR) is 142 cm³/mol. The van der Waals surface area contributed by atoms with Crippen molar-refractivity contribution in [1.82, 2.24) is 9.88 Å². The second-order valence-corrected chi connectivity index (χ2v) is 9.70. The molecule has 1 atom stereocenters. The molecule has 2 heterocycles. The van der Waals surface area contributed by atoms with Crippen molar-refractivity contribution in [3.05, 3.63) is 89.9 Å². The minimum atomic E-state index is -0.191. The van der Waals surface area contributed by atoms with Gasteiger partial charge in [0.1, 0.15) is 10.7 Å². The molecule has 0 radical (unpaired) electrons. The molecule has 1 unspecified atom stereocenters. The van der Waals surface area contributed by atoms with E-state index in [0.29, 0.717) is 11.7 Å². The highest BCUT2D eigenvalue weighted by atomic mass is 32.1. The quantitative estimate of drug-likeness (QED) is 0.384. The lowest BCUT2D eigenvalue weighted by Gasteiger charge is -2.22. The molecule has 1 fully saturated rings. The highest BCUT2D eigenvalue weighted by Gasteiger charge is 2.24. The van der Waals surface area contributed by atoms with Crippen LogP contribution in [0, 0.1) is 0 Å². The molecule has 3 aromatic carbocycles. The van der Waals surface area contributed by atoms with Gasteiger partial charge in [-0.2, -0.15) is 0 Å². The molecule has 34 heavy (non-hydrogen) atoms. The van der Waals surface area contributed by atoms with Gasteiger partial charge in [0.25, 0.3) is 5.91 Å². The molecule has 0 aliphatic carbocycles. The van der Waals surface area contributed by atoms with Crippen LogP contribution in [-0.2, 0) is 0 Å². The third-order valence-corrected chi connectivity index (χ3v) is 7.23. The van der Waals surface area contributed by atoms with Crippen LogP contribution in [0.4, 0.5) is 11.4 Å². The van der Waals surface area contributed by atoms with Crippen molar-refractivity contribution in [2.45, 2.75) is 12.5 Å². The molecule has 5 rings (SSSR count). The van der Waals surface area contributed by atoms with Crippen LogP contribution in [-0.4, -0.2) is 49.0 Å². The van der Waals surface area contributed by atoms with Gasteiger partial charge in [-0.15, -0.1) is 11.3 Å². The summed E-state index contributed by atoms with van der Waals surface area (Å²) in [5.41, 5.74) is 5.70. The lowest BCUT2D eigenvalue weighted by molar-refractivity contribution is 0.102. The zero-order chi connectivity index (χ0) is 23.5. The van der Waals surface area contributed by atoms with Gasteiger partial charge in [0.2, 0.25) is 0 Å². The molecule has 1 aliphatic heterocycles. The van der Waals surface area contributed by atoms with Crippen molar-refractivity contribution in [3.8, 4) is 21.7 Å². The van der Waals surface area contributed by atoms with Gasteiger partial charge in [-0.3, -0.25) is 4.79 Å². The van der Waals surface area contributed by atoms with E-state index in [4.69, 9.17) is 0 Å². The van der Waals surface area contributed by atoms with E-state index >= 15 is 0 Å². The van der Waals surface area contributed by atoms with E-state index < -0.39 is 0 Å². The number of anilines is 2. The van der Waals surface area contributed by atoms with E-state index in [-0.39, 0.29) is 5.91 Å². The van der Waals surface area contributed by atoms with Gasteiger partial charge in [-0.25, -0.2) is 4.98 Å². The fraction of sp³-hybridized carbons (Fsp3) is 0.214. The number of thiazole rings is 1. The molecule has 0 spiro atoms. The monoisotopic (exact) mass is 468 g/mol. The Balaban J connectivity index is 1.25. The molecule has 0 bridgehead atoms. The molecular weight excluding hydrogens is 440 g/mol. The summed E-state index contributed by atoms with van der Waals surface area (Å²) in [6.45, 7) is 2.09. The highest BCUT2D eigenvalue weighted by Crippen LogP contribution is 2.29. The van der Waals surface area contributed by atoms with Crippen molar-refractivity contribution >= 4 is 28.6 Å². The fourth-order valence-corrected chi connectivity index (χ4v) is 5.12. The molecule has 1 amide bonds. The topological polar surface area (TPSA) is 48.5 Å². The third kappa shape index (κ3) is 4.88. The Kier molecular flexibility index (Phi) is 6.43. The minimum absolute atomic E-state index is 0.191. The molecule has 1 aliphatic rings. The summed E-state index contributed by atoms with van der Waals surface area (Å²) in [6, 6.07) is 27.2. The molecule has 1 aromatic heterocycles. The summed E-state index contributed by atoms with van der Waals surface area (Å²) in [5, 5.41) is 5.64. The Morgan fingerprint density at radius 1 is 0.971 bits per heavy atom. The van der Waals surface area contributed by atoms with Crippen LogP contribution >= 0.6 is 11.3 Å². The van der Waals surface area contributed by atoms with Gasteiger partial charge in [-0.05, 0) is 62.0 Å². The largest absolute Gasteiger partial charge is 0.370 e. The van der Waals surface area contributed by atoms with Crippen LogP contribution in [0.5, 0.6) is 0 Å². The predicted octanol–water partition coefficient (Wildman–Crippen LogP) is 5.87. The number of aromatic nitrogens is 1. The molecule has 4 aromatic rings. The first-order valence-corrected chi connectivity index (χ1v) is 12.4. The maximum absolute atomic E-state index is 12.8. The normalized spacial score (nSPS) is 15.6. The molecule has 5 nitrogen and oxygen atoms in total. The number of nitrogens with zero attached hydrogens (tertiary/aromatic N) is 3. The molecule has 1 N–H and O–H groups in total. The molecule has 0 saturated carbocycles. The second kappa shape index (κ2) is 9.79. The zero-order valence-corrected chi connectivity index (χ0v) is 20.3. The van der Waals surface area contributed by atoms with Gasteiger partial charge in [-0.1, -0.05) is 48.5 Å². The molecule has 1 saturated heterocycles. The maximum Gasteiger partial charge on any atom is 0.275 e. The van der Waals surface area contributed by atoms with Gasteiger partial charge in [0, 0.05) is 41.4 Å². The summed E-state index contributed by atoms with van der Waals surface area (Å²) in [7, 11) is 4.27. The minimum Gasteiger partial charge on any atom is -0.370 e. The SMILES string of the molecule is CN(C)C1CCN(c2ccc(NC(=O)c3csc(-c4cccc(-c5ccccc5)c4)n3)cc2)C1. The summed E-state index contributed by atoms with van der Waals surface area (Å²) in [4.78, 5) is 22.1. The number of likely N-dealkylation sites (N-methyl/N-ethyl adjacent to an activating group) is 1. The third-order valence-electron chi connectivity index (χ3n) is 6.34. The second-order valence-electron chi connectivity index (χ2n) is 8.84. The van der Waals surface area contributed by atoms with Crippen molar-refractivity contribution in [2.75, 3.05) is 37.4 Å². The van der Waals surface area contributed by atoms with Crippen molar-refractivity contribution < 1.29 is 4.79 Å². The van der Waals surface area contributed by atoms with Gasteiger partial charge in [0.15, 0.2) is 0 Å². The Hall–Kier alpha value is -3.48. The lowest BCUT2D eigenvalue weighted by Crippen LogP contribution is -2.31. The van der Waals surface area contributed by atoms with E-state index in [0.717, 1.165) is 40.5 Å². The average Bonchev–Trinajstić information content (AvgIpc) is 3.56. The maximum atomic E-state index is 12.8. The number of benzene rings is 3. The van der Waals surface area contributed by atoms with Gasteiger partial charge >= 0.3 is 0 Å². The lowest BCUT2D eigenvalue weighted by atomic mass is 10.0. The average molecular weight is 469 g/mol. The van der Waals surface area contributed by atoms with Crippen molar-refractivity contribution in [3.63, 3.8) is 0 Å². The van der Waals surface area contributed by atoms with Crippen molar-refractivity contribution in [2.24, 2.45) is 0 Å². The first-order valence-electron chi connectivity index (χ1n) is 11.5. The van der Waals surface area contributed by atoms with E-state index in [1.54, 1.807) is 0 Å². The van der Waals surface area contributed by atoms with Gasteiger partial charge < -0.3 is 15.1 Å². The van der Waals surface area contributed by atoms with Crippen LogP contribution in [0.15, 0.2) is 84.2 Å². The van der Waals surface area contributed by atoms with Crippen LogP contribution in [0.2, 0.25) is 0 Å². The summed E-state index contributed by atoms with van der Waals surface area (Å²) >= 11 is 1.48. The number of amides is 1. The number of nitrogens with one attached hydrogen (secondary N) is 1. The summed E-state index contributed by atoms with van der Waals surface area (Å²) < 4.78 is 0. The van der Waals surface area contributed by atoms with Crippen LogP contribution in [0.25, 0.3) is 21.7 Å². The van der Waals surface area contributed by atoms with Crippen LogP contribution in [0.3, 0.4) is 0 Å². The Bertz CT molecular complexity index is 1270. The molecule has 6 heteroatoms. The Morgan fingerprint density at radius 2 is 1.71 bits per heavy atom. The number of carbonyl (C=O) groups is 1. The Labute approximate surface area is 204 Å². The van der Waals surface area contributed by atoms with Gasteiger partial charge in [0.05, 0.1) is 0 Å². The summed E-state index contributed by atoms with van der Waals surface area (Å²) in [6.07, 6.45) is 1.17. The fourth-order valence-electron chi connectivity index (χ4n) is 4.32. The number of hydrogen-bond donors (Lipinski definition) is 1. The van der Waals surface area contributed by atoms with E-state index in [9.17, 15) is 4.79 Å². The standard InChI is InChI=1S/C28H28N4OS/c1-31(2)25-15-16-32(18-25)24-13-11-23(12-14-24)29-27(33)26-19-34-28(30-26)22-10-6-9-21(17-22)20-7-4-3-5-8-20/h3-14,17,19,25H,15-16,18H2,1-2H3,(H,29,33). The highest BCUT2D eigenvalue weighted by molar-refractivity contribution is 7.13. The van der Waals surface area contributed by atoms with Crippen LogP contribution in [0.1, 0.15) is 16.9 Å². The summed E-state index contributed by atoms with van der Waals surface area (Å²) in [5.74, 6) is -0.191. The van der Waals surface area contributed by atoms with Crippen molar-refractivity contribution in [1.29, 1.82) is 0 Å². The molecular formula is C28H28N4OS. The first-order chi connectivity index (χ1) is 16.6. The van der Waals surface area contributed by atoms with Crippen LogP contribution < -0.4 is 10.2 Å². The first kappa shape index (κ1) is 22.3. The van der Waals surface area contributed by atoms with E-state index in [1.807, 2.05) is 47.8 Å². The number of hydrogen-bond acceptors (Lipinski definition) is 5. The van der Waals surface area contributed by atoms with E-state index in [2.05, 4.69) is 70.6 Å².